The highest BCUT2D eigenvalue weighted by atomic mass is 16.3. The SMILES string of the molecule is CC(C)(CO)CC1CCC(C(=O)NCC[C@H](O)C(C)(C)O)N1C#N. The third kappa shape index (κ3) is 5.62. The van der Waals surface area contributed by atoms with Gasteiger partial charge >= 0.3 is 0 Å². The molecule has 1 aliphatic heterocycles. The zero-order chi connectivity index (χ0) is 18.5. The molecular formula is C17H31N3O4. The number of aliphatic hydroxyl groups excluding tert-OH is 2. The Labute approximate surface area is 144 Å². The topological polar surface area (TPSA) is 117 Å². The van der Waals surface area contributed by atoms with Crippen LogP contribution in [0.1, 0.15) is 53.4 Å². The third-order valence-corrected chi connectivity index (χ3v) is 4.67. The number of nitriles is 1. The van der Waals surface area contributed by atoms with Crippen LogP contribution in [0.2, 0.25) is 0 Å². The van der Waals surface area contributed by atoms with Crippen LogP contribution in [0.25, 0.3) is 0 Å². The number of nitrogens with zero attached hydrogens (tertiary/aromatic N) is 2. The van der Waals surface area contributed by atoms with E-state index in [1.165, 1.54) is 18.7 Å². The summed E-state index contributed by atoms with van der Waals surface area (Å²) in [5.41, 5.74) is -1.50. The van der Waals surface area contributed by atoms with Gasteiger partial charge in [0.1, 0.15) is 6.04 Å². The van der Waals surface area contributed by atoms with Crippen molar-refractivity contribution in [2.24, 2.45) is 5.41 Å². The molecule has 1 saturated heterocycles. The molecule has 138 valence electrons. The number of aliphatic hydroxyl groups is 3. The first-order chi connectivity index (χ1) is 11.0. The molecule has 3 atom stereocenters. The maximum atomic E-state index is 12.3. The van der Waals surface area contributed by atoms with Crippen molar-refractivity contribution < 1.29 is 20.1 Å². The van der Waals surface area contributed by atoms with Crippen LogP contribution < -0.4 is 5.32 Å². The Morgan fingerprint density at radius 3 is 2.50 bits per heavy atom. The summed E-state index contributed by atoms with van der Waals surface area (Å²) >= 11 is 0. The van der Waals surface area contributed by atoms with E-state index in [2.05, 4.69) is 11.5 Å². The first-order valence-electron chi connectivity index (χ1n) is 8.49. The van der Waals surface area contributed by atoms with Crippen LogP contribution in [0.15, 0.2) is 0 Å². The predicted molar refractivity (Wildman–Crippen MR) is 89.7 cm³/mol. The smallest absolute Gasteiger partial charge is 0.243 e. The Balaban J connectivity index is 2.55. The van der Waals surface area contributed by atoms with Crippen molar-refractivity contribution >= 4 is 5.91 Å². The number of hydrogen-bond acceptors (Lipinski definition) is 6. The highest BCUT2D eigenvalue weighted by molar-refractivity contribution is 5.82. The van der Waals surface area contributed by atoms with E-state index in [4.69, 9.17) is 0 Å². The van der Waals surface area contributed by atoms with Crippen molar-refractivity contribution in [1.29, 1.82) is 5.26 Å². The van der Waals surface area contributed by atoms with Gasteiger partial charge in [0.2, 0.25) is 5.91 Å². The normalized spacial score (nSPS) is 23.0. The van der Waals surface area contributed by atoms with Crippen LogP contribution >= 0.6 is 0 Å². The van der Waals surface area contributed by atoms with Gasteiger partial charge in [-0.15, -0.1) is 0 Å². The molecule has 1 heterocycles. The molecule has 0 aromatic rings. The lowest BCUT2D eigenvalue weighted by Crippen LogP contribution is -2.46. The molecule has 1 amide bonds. The standard InChI is InChI=1S/C17H31N3O4/c1-16(2,10-21)9-12-5-6-13(20(12)11-18)15(23)19-8-7-14(22)17(3,4)24/h12-14,21-22,24H,5-10H2,1-4H3,(H,19,23)/t12?,13?,14-/m0/s1. The van der Waals surface area contributed by atoms with E-state index in [1.54, 1.807) is 0 Å². The summed E-state index contributed by atoms with van der Waals surface area (Å²) in [5, 5.41) is 41.0. The van der Waals surface area contributed by atoms with Crippen molar-refractivity contribution in [1.82, 2.24) is 10.2 Å². The average Bonchev–Trinajstić information content (AvgIpc) is 2.88. The number of likely N-dealkylation sites (tertiary alicyclic amines) is 1. The zero-order valence-corrected chi connectivity index (χ0v) is 15.1. The quantitative estimate of drug-likeness (QED) is 0.473. The van der Waals surface area contributed by atoms with Gasteiger partial charge in [-0.25, -0.2) is 0 Å². The lowest BCUT2D eigenvalue weighted by molar-refractivity contribution is -0.125. The van der Waals surface area contributed by atoms with E-state index >= 15 is 0 Å². The van der Waals surface area contributed by atoms with Crippen LogP contribution in [-0.2, 0) is 4.79 Å². The lowest BCUT2D eigenvalue weighted by atomic mass is 9.86. The van der Waals surface area contributed by atoms with E-state index in [-0.39, 0.29) is 36.9 Å². The molecule has 0 radical (unpaired) electrons. The molecular weight excluding hydrogens is 310 g/mol. The summed E-state index contributed by atoms with van der Waals surface area (Å²) in [6.45, 7) is 7.19. The molecule has 2 unspecified atom stereocenters. The van der Waals surface area contributed by atoms with Gasteiger partial charge in [-0.1, -0.05) is 13.8 Å². The molecule has 0 aliphatic carbocycles. The minimum Gasteiger partial charge on any atom is -0.396 e. The summed E-state index contributed by atoms with van der Waals surface area (Å²) in [6.07, 6.45) is 3.42. The molecule has 1 rings (SSSR count). The van der Waals surface area contributed by atoms with Crippen LogP contribution in [-0.4, -0.2) is 63.1 Å². The molecule has 4 N–H and O–H groups in total. The van der Waals surface area contributed by atoms with Crippen molar-refractivity contribution in [3.05, 3.63) is 0 Å². The first-order valence-corrected chi connectivity index (χ1v) is 8.49. The number of hydrogen-bond donors (Lipinski definition) is 4. The van der Waals surface area contributed by atoms with Crippen molar-refractivity contribution in [3.63, 3.8) is 0 Å². The van der Waals surface area contributed by atoms with E-state index in [0.717, 1.165) is 6.42 Å². The van der Waals surface area contributed by atoms with E-state index in [9.17, 15) is 25.4 Å². The zero-order valence-electron chi connectivity index (χ0n) is 15.1. The Hall–Kier alpha value is -1.36. The highest BCUT2D eigenvalue weighted by Crippen LogP contribution is 2.32. The van der Waals surface area contributed by atoms with E-state index in [0.29, 0.717) is 12.8 Å². The molecule has 1 fully saturated rings. The monoisotopic (exact) mass is 341 g/mol. The predicted octanol–water partition coefficient (Wildman–Crippen LogP) is 0.347. The van der Waals surface area contributed by atoms with Gasteiger partial charge in [0.25, 0.3) is 0 Å². The molecule has 1 aliphatic rings. The molecule has 7 heteroatoms. The number of carbonyl (C=O) groups is 1. The first kappa shape index (κ1) is 20.7. The molecule has 7 nitrogen and oxygen atoms in total. The fourth-order valence-electron chi connectivity index (χ4n) is 3.00. The maximum absolute atomic E-state index is 12.3. The van der Waals surface area contributed by atoms with Gasteiger partial charge in [0.15, 0.2) is 6.19 Å². The summed E-state index contributed by atoms with van der Waals surface area (Å²) in [7, 11) is 0. The Kier molecular flexibility index (Phi) is 7.02. The second-order valence-corrected chi connectivity index (χ2v) is 8.03. The van der Waals surface area contributed by atoms with E-state index in [1.807, 2.05) is 13.8 Å². The summed E-state index contributed by atoms with van der Waals surface area (Å²) in [6, 6.07) is -0.552. The van der Waals surface area contributed by atoms with Gasteiger partial charge in [0.05, 0.1) is 11.7 Å². The number of carbonyl (C=O) groups excluding carboxylic acids is 1. The minimum absolute atomic E-state index is 0.0362. The van der Waals surface area contributed by atoms with Crippen LogP contribution in [0.4, 0.5) is 0 Å². The second kappa shape index (κ2) is 8.15. The van der Waals surface area contributed by atoms with Crippen molar-refractivity contribution in [2.45, 2.75) is 77.2 Å². The fourth-order valence-corrected chi connectivity index (χ4v) is 3.00. The number of rotatable bonds is 8. The average molecular weight is 341 g/mol. The Bertz CT molecular complexity index is 467. The van der Waals surface area contributed by atoms with Crippen LogP contribution in [0.5, 0.6) is 0 Å². The van der Waals surface area contributed by atoms with Gasteiger partial charge in [-0.05, 0) is 44.9 Å². The maximum Gasteiger partial charge on any atom is 0.243 e. The van der Waals surface area contributed by atoms with Crippen LogP contribution in [0.3, 0.4) is 0 Å². The van der Waals surface area contributed by atoms with Gasteiger partial charge < -0.3 is 20.6 Å². The number of amides is 1. The molecule has 0 bridgehead atoms. The highest BCUT2D eigenvalue weighted by Gasteiger charge is 2.39. The Morgan fingerprint density at radius 1 is 1.38 bits per heavy atom. The summed E-state index contributed by atoms with van der Waals surface area (Å²) in [5.74, 6) is -0.233. The number of nitrogens with one attached hydrogen (secondary N) is 1. The van der Waals surface area contributed by atoms with Gasteiger partial charge in [-0.2, -0.15) is 5.26 Å². The van der Waals surface area contributed by atoms with E-state index < -0.39 is 17.7 Å². The minimum atomic E-state index is -1.21. The molecule has 0 saturated carbocycles. The van der Waals surface area contributed by atoms with Crippen LogP contribution in [0, 0.1) is 16.9 Å². The van der Waals surface area contributed by atoms with Crippen molar-refractivity contribution in [3.8, 4) is 6.19 Å². The summed E-state index contributed by atoms with van der Waals surface area (Å²) < 4.78 is 0. The molecule has 24 heavy (non-hydrogen) atoms. The third-order valence-electron chi connectivity index (χ3n) is 4.67. The van der Waals surface area contributed by atoms with Crippen molar-refractivity contribution in [2.75, 3.05) is 13.2 Å². The van der Waals surface area contributed by atoms with Gasteiger partial charge in [0, 0.05) is 19.2 Å². The Morgan fingerprint density at radius 2 is 2.00 bits per heavy atom. The summed E-state index contributed by atoms with van der Waals surface area (Å²) in [4.78, 5) is 13.9. The fraction of sp³-hybridized carbons (Fsp3) is 0.882. The molecule has 0 aromatic heterocycles. The molecule has 0 spiro atoms. The van der Waals surface area contributed by atoms with Gasteiger partial charge in [-0.3, -0.25) is 9.69 Å². The second-order valence-electron chi connectivity index (χ2n) is 8.03. The largest absolute Gasteiger partial charge is 0.396 e. The lowest BCUT2D eigenvalue weighted by Gasteiger charge is -2.30. The molecule has 0 aromatic carbocycles.